The second kappa shape index (κ2) is 9.94. The highest BCUT2D eigenvalue weighted by molar-refractivity contribution is 14.1. The second-order valence-corrected chi connectivity index (χ2v) is 8.85. The number of hydrogen-bond acceptors (Lipinski definition) is 6. The van der Waals surface area contributed by atoms with Crippen LogP contribution in [0.4, 0.5) is 0 Å². The van der Waals surface area contributed by atoms with E-state index in [1.165, 1.54) is 16.7 Å². The van der Waals surface area contributed by atoms with Crippen molar-refractivity contribution < 1.29 is 24.2 Å². The van der Waals surface area contributed by atoms with Crippen molar-refractivity contribution in [3.05, 3.63) is 47.7 Å². The Hall–Kier alpha value is -1.59. The summed E-state index contributed by atoms with van der Waals surface area (Å²) in [6, 6.07) is 8.68. The van der Waals surface area contributed by atoms with E-state index in [4.69, 9.17) is 4.74 Å². The maximum atomic E-state index is 12.8. The number of carbonyl (C=O) groups excluding carboxylic acids is 3. The van der Waals surface area contributed by atoms with Crippen LogP contribution in [0.3, 0.4) is 0 Å². The van der Waals surface area contributed by atoms with Crippen molar-refractivity contribution in [1.29, 1.82) is 0 Å². The summed E-state index contributed by atoms with van der Waals surface area (Å²) in [6.45, 7) is 2.08. The summed E-state index contributed by atoms with van der Waals surface area (Å²) in [7, 11) is 0. The Bertz CT molecular complexity index is 803. The minimum Gasteiger partial charge on any atom is -0.460 e. The van der Waals surface area contributed by atoms with E-state index in [0.29, 0.717) is 12.0 Å². The number of fused-ring (bicyclic) bond motifs is 1. The summed E-state index contributed by atoms with van der Waals surface area (Å²) in [5.74, 6) is -0.926. The molecule has 156 valence electrons. The number of halogens is 1. The number of amides is 2. The Balaban J connectivity index is 1.76. The van der Waals surface area contributed by atoms with Crippen LogP contribution in [0.25, 0.3) is 0 Å². The lowest BCUT2D eigenvalue weighted by atomic mass is 9.99. The topological polar surface area (TPSA) is 95.9 Å². The first kappa shape index (κ1) is 22.1. The molecule has 0 radical (unpaired) electrons. The quantitative estimate of drug-likeness (QED) is 0.231. The third kappa shape index (κ3) is 4.95. The minimum absolute atomic E-state index is 0.135. The molecular weight excluding hydrogens is 507 g/mol. The molecule has 0 aromatic heterocycles. The number of esters is 1. The van der Waals surface area contributed by atoms with Gasteiger partial charge in [0, 0.05) is 6.20 Å². The number of benzene rings is 1. The number of hydrogen-bond donors (Lipinski definition) is 2. The molecule has 2 amide bonds. The summed E-state index contributed by atoms with van der Waals surface area (Å²) in [5, 5.41) is 12.1. The summed E-state index contributed by atoms with van der Waals surface area (Å²) in [6.07, 6.45) is 1.95. The van der Waals surface area contributed by atoms with Crippen LogP contribution in [0.2, 0.25) is 0 Å². The van der Waals surface area contributed by atoms with Gasteiger partial charge in [0.05, 0.1) is 10.5 Å². The maximum absolute atomic E-state index is 12.8. The van der Waals surface area contributed by atoms with E-state index in [0.717, 1.165) is 12.0 Å². The molecule has 1 fully saturated rings. The van der Waals surface area contributed by atoms with Crippen molar-refractivity contribution in [2.75, 3.05) is 4.43 Å². The zero-order valence-electron chi connectivity index (χ0n) is 15.9. The number of ether oxygens (including phenoxy) is 1. The summed E-state index contributed by atoms with van der Waals surface area (Å²) in [5.41, 5.74) is 1.34. The lowest BCUT2D eigenvalue weighted by Gasteiger charge is -2.49. The fraction of sp³-hybridized carbons (Fsp3) is 0.450. The first-order valence-electron chi connectivity index (χ1n) is 9.39. The van der Waals surface area contributed by atoms with Crippen molar-refractivity contribution in [2.24, 2.45) is 0 Å². The predicted molar refractivity (Wildman–Crippen MR) is 118 cm³/mol. The summed E-state index contributed by atoms with van der Waals surface area (Å²) in [4.78, 5) is 38.5. The van der Waals surface area contributed by atoms with Crippen molar-refractivity contribution in [3.63, 3.8) is 0 Å². The number of nitrogens with one attached hydrogen (secondary N) is 1. The van der Waals surface area contributed by atoms with E-state index in [-0.39, 0.29) is 28.2 Å². The van der Waals surface area contributed by atoms with Crippen molar-refractivity contribution in [2.45, 2.75) is 49.1 Å². The van der Waals surface area contributed by atoms with Crippen molar-refractivity contribution in [1.82, 2.24) is 10.2 Å². The fourth-order valence-corrected chi connectivity index (χ4v) is 4.95. The van der Waals surface area contributed by atoms with Crippen LogP contribution >= 0.6 is 34.4 Å². The molecule has 0 spiro atoms. The fourth-order valence-electron chi connectivity index (χ4n) is 3.26. The summed E-state index contributed by atoms with van der Waals surface area (Å²) >= 11 is 3.17. The average molecular weight is 530 g/mol. The zero-order valence-corrected chi connectivity index (χ0v) is 18.9. The molecular formula is C20H23IN2O5S. The number of β-lactam (4-membered cyclic amide) rings is 1. The van der Waals surface area contributed by atoms with Gasteiger partial charge in [0.1, 0.15) is 23.3 Å². The largest absolute Gasteiger partial charge is 0.460 e. The first-order valence-corrected chi connectivity index (χ1v) is 11.9. The number of thioether (sulfide) groups is 1. The Morgan fingerprint density at radius 1 is 1.34 bits per heavy atom. The number of aliphatic hydroxyl groups is 1. The lowest BCUT2D eigenvalue weighted by Crippen LogP contribution is -2.69. The molecule has 29 heavy (non-hydrogen) atoms. The third-order valence-corrected chi connectivity index (χ3v) is 6.98. The molecule has 0 saturated carbocycles. The van der Waals surface area contributed by atoms with Crippen LogP contribution in [-0.4, -0.2) is 55.0 Å². The normalized spacial score (nSPS) is 24.1. The van der Waals surface area contributed by atoms with Crippen LogP contribution in [-0.2, 0) is 25.7 Å². The standard InChI is InChI=1S/C20H23IN2O5S/c1-2-6-14(24)13-10-23-18(26)16(22-15(25)9-21)19(23)29-17(13)20(27)28-11-12-7-4-3-5-8-12/h3-5,7-8,10,14,16-17,19,24H,2,6,9,11H2,1H3,(H,22,25)/t14?,16?,17?,19-/m1/s1. The Morgan fingerprint density at radius 3 is 2.72 bits per heavy atom. The third-order valence-electron chi connectivity index (χ3n) is 4.77. The number of carbonyl (C=O) groups is 3. The molecule has 1 aromatic carbocycles. The molecule has 1 saturated heterocycles. The van der Waals surface area contributed by atoms with Gasteiger partial charge in [-0.25, -0.2) is 0 Å². The van der Waals surface area contributed by atoms with E-state index >= 15 is 0 Å². The molecule has 1 aromatic rings. The minimum atomic E-state index is -0.835. The smallest absolute Gasteiger partial charge is 0.323 e. The average Bonchev–Trinajstić information content (AvgIpc) is 2.75. The van der Waals surface area contributed by atoms with Gasteiger partial charge in [-0.05, 0) is 17.6 Å². The van der Waals surface area contributed by atoms with Gasteiger partial charge in [0.15, 0.2) is 0 Å². The Kier molecular flexibility index (Phi) is 7.58. The molecule has 9 heteroatoms. The monoisotopic (exact) mass is 530 g/mol. The molecule has 3 unspecified atom stereocenters. The van der Waals surface area contributed by atoms with Gasteiger partial charge in [-0.1, -0.05) is 66.3 Å². The molecule has 0 bridgehead atoms. The highest BCUT2D eigenvalue weighted by Crippen LogP contribution is 2.42. The Morgan fingerprint density at radius 2 is 2.07 bits per heavy atom. The van der Waals surface area contributed by atoms with E-state index in [9.17, 15) is 19.5 Å². The molecule has 7 nitrogen and oxygen atoms in total. The second-order valence-electron chi connectivity index (χ2n) is 6.86. The number of aliphatic hydroxyl groups excluding tert-OH is 1. The van der Waals surface area contributed by atoms with Crippen LogP contribution in [0, 0.1) is 0 Å². The highest BCUT2D eigenvalue weighted by atomic mass is 127. The lowest BCUT2D eigenvalue weighted by molar-refractivity contribution is -0.146. The van der Waals surface area contributed by atoms with Gasteiger partial charge in [-0.2, -0.15) is 0 Å². The van der Waals surface area contributed by atoms with Crippen molar-refractivity contribution >= 4 is 52.1 Å². The van der Waals surface area contributed by atoms with Gasteiger partial charge in [0.2, 0.25) is 5.91 Å². The van der Waals surface area contributed by atoms with Crippen LogP contribution in [0.1, 0.15) is 25.3 Å². The van der Waals surface area contributed by atoms with Crippen LogP contribution in [0.5, 0.6) is 0 Å². The maximum Gasteiger partial charge on any atom is 0.323 e. The highest BCUT2D eigenvalue weighted by Gasteiger charge is 2.53. The molecule has 3 rings (SSSR count). The van der Waals surface area contributed by atoms with E-state index in [1.54, 1.807) is 6.20 Å². The van der Waals surface area contributed by atoms with Gasteiger partial charge < -0.3 is 20.1 Å². The molecule has 2 heterocycles. The van der Waals surface area contributed by atoms with Crippen LogP contribution < -0.4 is 5.32 Å². The number of nitrogens with zero attached hydrogens (tertiary/aromatic N) is 1. The van der Waals surface area contributed by atoms with E-state index in [2.05, 4.69) is 5.32 Å². The van der Waals surface area contributed by atoms with Crippen LogP contribution in [0.15, 0.2) is 42.1 Å². The van der Waals surface area contributed by atoms with Gasteiger partial charge in [-0.15, -0.1) is 11.8 Å². The number of alkyl halides is 1. The SMILES string of the molecule is CCCC(O)C1=CN2C(=O)C(NC(=O)CI)[C@H]2SC1C(=O)OCc1ccccc1. The molecule has 4 atom stereocenters. The van der Waals surface area contributed by atoms with E-state index < -0.39 is 23.4 Å². The molecule has 2 aliphatic rings. The molecule has 0 aliphatic carbocycles. The Labute approximate surface area is 187 Å². The van der Waals surface area contributed by atoms with E-state index in [1.807, 2.05) is 59.8 Å². The summed E-state index contributed by atoms with van der Waals surface area (Å²) < 4.78 is 5.74. The van der Waals surface area contributed by atoms with Crippen molar-refractivity contribution in [3.8, 4) is 0 Å². The molecule has 2 N–H and O–H groups in total. The molecule has 2 aliphatic heterocycles. The zero-order chi connectivity index (χ0) is 21.0. The predicted octanol–water partition coefficient (Wildman–Crippen LogP) is 1.98. The van der Waals surface area contributed by atoms with Gasteiger partial charge in [0.25, 0.3) is 5.91 Å². The van der Waals surface area contributed by atoms with Gasteiger partial charge >= 0.3 is 5.97 Å². The number of rotatable bonds is 8. The first-order chi connectivity index (χ1) is 14.0. The van der Waals surface area contributed by atoms with Gasteiger partial charge in [-0.3, -0.25) is 14.4 Å².